The van der Waals surface area contributed by atoms with Gasteiger partial charge in [0, 0.05) is 0 Å². The molecule has 2 fully saturated rings. The van der Waals surface area contributed by atoms with Gasteiger partial charge in [-0.05, 0) is 0 Å². The second-order valence-corrected chi connectivity index (χ2v) is 5.99. The van der Waals surface area contributed by atoms with E-state index in [-0.39, 0.29) is 4.81 Å². The fourth-order valence-corrected chi connectivity index (χ4v) is 3.94. The van der Waals surface area contributed by atoms with Crippen LogP contribution in [0.5, 0.6) is 0 Å². The van der Waals surface area contributed by atoms with Gasteiger partial charge in [-0.1, -0.05) is 0 Å². The van der Waals surface area contributed by atoms with E-state index in [1.54, 1.807) is 0 Å². The van der Waals surface area contributed by atoms with Crippen molar-refractivity contribution >= 4 is 20.8 Å². The Kier molecular flexibility index (Phi) is 4.72. The molecule has 2 aliphatic carbocycles. The molecule has 0 atom stereocenters. The maximum atomic E-state index is 11.8. The molecule has 16 heavy (non-hydrogen) atoms. The summed E-state index contributed by atoms with van der Waals surface area (Å²) in [5.41, 5.74) is 0. The molecule has 3 heteroatoms. The minimum absolute atomic E-state index is 0.193. The topological polar surface area (TPSA) is 20.3 Å². The van der Waals surface area contributed by atoms with Gasteiger partial charge in [-0.3, -0.25) is 0 Å². The van der Waals surface area contributed by atoms with Crippen molar-refractivity contribution in [2.45, 2.75) is 76.3 Å². The van der Waals surface area contributed by atoms with Gasteiger partial charge in [-0.15, -0.1) is 0 Å². The van der Waals surface area contributed by atoms with Gasteiger partial charge < -0.3 is 0 Å². The quantitative estimate of drug-likeness (QED) is 0.714. The fraction of sp³-hybridized carbons (Fsp3) is 0.923. The molecule has 1 radical (unpaired) electrons. The van der Waals surface area contributed by atoms with Crippen molar-refractivity contribution < 1.29 is 4.79 Å². The first kappa shape index (κ1) is 12.4. The summed E-state index contributed by atoms with van der Waals surface area (Å²) in [5.74, 6) is 0. The summed E-state index contributed by atoms with van der Waals surface area (Å²) in [6.45, 7) is 0. The number of nitrogens with zero attached hydrogens (tertiary/aromatic N) is 1. The van der Waals surface area contributed by atoms with Crippen molar-refractivity contribution in [1.82, 2.24) is 4.90 Å². The molecule has 2 nitrogen and oxygen atoms in total. The van der Waals surface area contributed by atoms with Crippen LogP contribution in [0, 0.1) is 0 Å². The van der Waals surface area contributed by atoms with Crippen LogP contribution in [0.15, 0.2) is 0 Å². The standard InChI is InChI=1S/C13H22NOSe/c15-13(16)14(11-7-3-1-4-8-11)12-9-5-2-6-10-12/h11-12H,1-10H2. The number of carbonyl (C=O) groups excluding carboxylic acids is 1. The summed E-state index contributed by atoms with van der Waals surface area (Å²) in [7, 11) is 0. The third-order valence-corrected chi connectivity index (χ3v) is 4.59. The van der Waals surface area contributed by atoms with Crippen molar-refractivity contribution in [3.05, 3.63) is 0 Å². The van der Waals surface area contributed by atoms with Gasteiger partial charge in [0.05, 0.1) is 0 Å². The molecule has 0 aliphatic heterocycles. The van der Waals surface area contributed by atoms with Crippen molar-refractivity contribution in [1.29, 1.82) is 0 Å². The molecule has 0 bridgehead atoms. The van der Waals surface area contributed by atoms with E-state index in [2.05, 4.69) is 20.9 Å². The van der Waals surface area contributed by atoms with Crippen LogP contribution in [0.25, 0.3) is 0 Å². The Bertz CT molecular complexity index is 214. The summed E-state index contributed by atoms with van der Waals surface area (Å²) >= 11 is 2.72. The molecular weight excluding hydrogens is 265 g/mol. The van der Waals surface area contributed by atoms with Gasteiger partial charge in [0.25, 0.3) is 0 Å². The predicted octanol–water partition coefficient (Wildman–Crippen LogP) is 3.24. The van der Waals surface area contributed by atoms with Gasteiger partial charge >= 0.3 is 107 Å². The summed E-state index contributed by atoms with van der Waals surface area (Å²) in [4.78, 5) is 14.2. The molecule has 0 spiro atoms. The molecule has 0 aromatic carbocycles. The van der Waals surface area contributed by atoms with Gasteiger partial charge in [0.2, 0.25) is 0 Å². The van der Waals surface area contributed by atoms with Crippen LogP contribution < -0.4 is 0 Å². The molecule has 0 saturated heterocycles. The van der Waals surface area contributed by atoms with E-state index in [4.69, 9.17) is 0 Å². The van der Waals surface area contributed by atoms with Crippen LogP contribution >= 0.6 is 0 Å². The summed E-state index contributed by atoms with van der Waals surface area (Å²) < 4.78 is 0. The van der Waals surface area contributed by atoms with Crippen LogP contribution in [0.4, 0.5) is 4.79 Å². The van der Waals surface area contributed by atoms with Crippen LogP contribution in [-0.4, -0.2) is 37.8 Å². The Morgan fingerprint density at radius 2 is 1.19 bits per heavy atom. The average Bonchev–Trinajstić information content (AvgIpc) is 2.31. The van der Waals surface area contributed by atoms with Gasteiger partial charge in [-0.25, -0.2) is 0 Å². The van der Waals surface area contributed by atoms with Crippen molar-refractivity contribution in [2.75, 3.05) is 0 Å². The van der Waals surface area contributed by atoms with E-state index in [0.717, 1.165) is 0 Å². The molecule has 1 amide bonds. The maximum absolute atomic E-state index is 11.8. The zero-order valence-corrected chi connectivity index (χ0v) is 11.7. The minimum atomic E-state index is 0.193. The van der Waals surface area contributed by atoms with E-state index in [9.17, 15) is 4.79 Å². The molecule has 91 valence electrons. The van der Waals surface area contributed by atoms with E-state index in [1.807, 2.05) is 0 Å². The van der Waals surface area contributed by atoms with Crippen molar-refractivity contribution in [3.63, 3.8) is 0 Å². The molecule has 2 rings (SSSR count). The molecule has 0 aromatic rings. The van der Waals surface area contributed by atoms with E-state index >= 15 is 0 Å². The molecule has 2 saturated carbocycles. The van der Waals surface area contributed by atoms with E-state index in [1.165, 1.54) is 64.2 Å². The first-order valence-corrected chi connectivity index (χ1v) is 7.64. The number of carbonyl (C=O) groups is 1. The molecule has 0 heterocycles. The average molecular weight is 287 g/mol. The summed E-state index contributed by atoms with van der Waals surface area (Å²) in [5, 5.41) is 0. The Labute approximate surface area is 107 Å². The van der Waals surface area contributed by atoms with Crippen molar-refractivity contribution in [2.24, 2.45) is 0 Å². The van der Waals surface area contributed by atoms with Gasteiger partial charge in [-0.2, -0.15) is 0 Å². The second-order valence-electron chi connectivity index (χ2n) is 5.26. The number of amides is 1. The first-order chi connectivity index (χ1) is 7.79. The van der Waals surface area contributed by atoms with Crippen LogP contribution in [0.1, 0.15) is 64.2 Å². The summed E-state index contributed by atoms with van der Waals surface area (Å²) in [6.07, 6.45) is 12.8. The predicted molar refractivity (Wildman–Crippen MR) is 66.7 cm³/mol. The molecule has 2 aliphatic rings. The zero-order chi connectivity index (χ0) is 11.4. The summed E-state index contributed by atoms with van der Waals surface area (Å²) in [6, 6.07) is 1.07. The molecule has 0 aromatic heterocycles. The normalized spacial score (nSPS) is 24.2. The van der Waals surface area contributed by atoms with Gasteiger partial charge in [0.1, 0.15) is 0 Å². The van der Waals surface area contributed by atoms with Crippen LogP contribution in [-0.2, 0) is 0 Å². The Morgan fingerprint density at radius 1 is 0.812 bits per heavy atom. The molecule has 0 N–H and O–H groups in total. The Morgan fingerprint density at radius 3 is 1.50 bits per heavy atom. The van der Waals surface area contributed by atoms with Crippen LogP contribution in [0.2, 0.25) is 0 Å². The molecular formula is C13H22NOSe. The SMILES string of the molecule is O=C([Se])N(C1CCCCC1)C1CCCCC1. The molecule has 0 unspecified atom stereocenters. The second kappa shape index (κ2) is 6.07. The first-order valence-electron chi connectivity index (χ1n) is 6.78. The van der Waals surface area contributed by atoms with Crippen molar-refractivity contribution in [3.8, 4) is 0 Å². The van der Waals surface area contributed by atoms with Gasteiger partial charge in [0.15, 0.2) is 0 Å². The number of hydrogen-bond donors (Lipinski definition) is 0. The van der Waals surface area contributed by atoms with E-state index < -0.39 is 0 Å². The number of hydrogen-bond acceptors (Lipinski definition) is 1. The number of rotatable bonds is 2. The zero-order valence-electron chi connectivity index (χ0n) is 9.99. The third kappa shape index (κ3) is 3.01. The fourth-order valence-electron chi connectivity index (χ4n) is 3.31. The third-order valence-electron chi connectivity index (χ3n) is 4.15. The Hall–Kier alpha value is -0.0105. The monoisotopic (exact) mass is 288 g/mol. The van der Waals surface area contributed by atoms with E-state index in [0.29, 0.717) is 12.1 Å². The van der Waals surface area contributed by atoms with Crippen LogP contribution in [0.3, 0.4) is 0 Å². The Balaban J connectivity index is 1.99.